The third-order valence-electron chi connectivity index (χ3n) is 3.92. The molecule has 0 bridgehead atoms. The van der Waals surface area contributed by atoms with Crippen LogP contribution in [0.1, 0.15) is 40.8 Å². The van der Waals surface area contributed by atoms with Crippen LogP contribution in [0.4, 0.5) is 5.69 Å². The molecule has 1 aliphatic carbocycles. The normalized spacial score (nSPS) is 13.0. The van der Waals surface area contributed by atoms with Gasteiger partial charge in [0.1, 0.15) is 10.7 Å². The third-order valence-corrected chi connectivity index (χ3v) is 4.79. The van der Waals surface area contributed by atoms with Gasteiger partial charge >= 0.3 is 0 Å². The zero-order valence-electron chi connectivity index (χ0n) is 13.9. The lowest BCUT2D eigenvalue weighted by molar-refractivity contribution is -0.130. The van der Waals surface area contributed by atoms with E-state index in [0.717, 1.165) is 23.4 Å². The minimum absolute atomic E-state index is 0. The van der Waals surface area contributed by atoms with Crippen molar-refractivity contribution in [2.45, 2.75) is 38.9 Å². The average molecular weight is 381 g/mol. The van der Waals surface area contributed by atoms with E-state index in [1.807, 2.05) is 29.2 Å². The van der Waals surface area contributed by atoms with E-state index in [1.54, 1.807) is 12.3 Å². The maximum atomic E-state index is 12.1. The predicted octanol–water partition coefficient (Wildman–Crippen LogP) is 2.79. The average Bonchev–Trinajstić information content (AvgIpc) is 3.29. The molecule has 134 valence electrons. The van der Waals surface area contributed by atoms with Crippen molar-refractivity contribution < 1.29 is 9.59 Å². The van der Waals surface area contributed by atoms with Gasteiger partial charge in [-0.15, -0.1) is 23.7 Å². The number of anilines is 1. The van der Waals surface area contributed by atoms with Gasteiger partial charge in [0.25, 0.3) is 5.91 Å². The van der Waals surface area contributed by atoms with Crippen molar-refractivity contribution in [2.24, 2.45) is 5.73 Å². The molecule has 2 amide bonds. The van der Waals surface area contributed by atoms with E-state index in [0.29, 0.717) is 30.5 Å². The molecule has 0 aliphatic heterocycles. The van der Waals surface area contributed by atoms with Crippen molar-refractivity contribution in [1.29, 1.82) is 0 Å². The summed E-state index contributed by atoms with van der Waals surface area (Å²) < 4.78 is 0. The summed E-state index contributed by atoms with van der Waals surface area (Å²) >= 11 is 1.37. The van der Waals surface area contributed by atoms with Crippen LogP contribution < -0.4 is 11.1 Å². The quantitative estimate of drug-likeness (QED) is 0.806. The molecule has 8 heteroatoms. The summed E-state index contributed by atoms with van der Waals surface area (Å²) in [6.07, 6.45) is 2.18. The van der Waals surface area contributed by atoms with Crippen LogP contribution in [-0.4, -0.2) is 27.7 Å². The van der Waals surface area contributed by atoms with E-state index in [-0.39, 0.29) is 24.2 Å². The second kappa shape index (κ2) is 8.42. The number of carbonyl (C=O) groups is 2. The van der Waals surface area contributed by atoms with E-state index >= 15 is 0 Å². The van der Waals surface area contributed by atoms with Gasteiger partial charge in [-0.25, -0.2) is 4.98 Å². The van der Waals surface area contributed by atoms with E-state index in [4.69, 9.17) is 5.73 Å². The van der Waals surface area contributed by atoms with Crippen molar-refractivity contribution in [3.63, 3.8) is 0 Å². The van der Waals surface area contributed by atoms with Crippen molar-refractivity contribution >= 4 is 41.2 Å². The second-order valence-corrected chi connectivity index (χ2v) is 6.80. The minimum atomic E-state index is -0.248. The molecule has 1 aromatic carbocycles. The molecule has 0 unspecified atom stereocenters. The van der Waals surface area contributed by atoms with Crippen molar-refractivity contribution in [1.82, 2.24) is 9.88 Å². The van der Waals surface area contributed by atoms with E-state index in [9.17, 15) is 9.59 Å². The second-order valence-electron chi connectivity index (χ2n) is 5.86. The third kappa shape index (κ3) is 5.01. The summed E-state index contributed by atoms with van der Waals surface area (Å²) in [4.78, 5) is 29.9. The Bertz CT molecular complexity index is 743. The SMILES string of the molecule is CC(=O)N(Cc1ccc(NC(=O)c2csc(CN)n2)cc1)C1CC1.Cl. The number of benzene rings is 1. The molecule has 1 saturated carbocycles. The zero-order valence-corrected chi connectivity index (χ0v) is 15.5. The number of hydrogen-bond acceptors (Lipinski definition) is 5. The first kappa shape index (κ1) is 19.4. The van der Waals surface area contributed by atoms with Crippen LogP contribution in [0.25, 0.3) is 0 Å². The van der Waals surface area contributed by atoms with E-state index in [1.165, 1.54) is 11.3 Å². The number of hydrogen-bond donors (Lipinski definition) is 2. The predicted molar refractivity (Wildman–Crippen MR) is 101 cm³/mol. The first-order chi connectivity index (χ1) is 11.6. The highest BCUT2D eigenvalue weighted by Gasteiger charge is 2.30. The maximum Gasteiger partial charge on any atom is 0.275 e. The van der Waals surface area contributed by atoms with Crippen LogP contribution in [-0.2, 0) is 17.9 Å². The molecule has 1 heterocycles. The number of rotatable bonds is 6. The number of aromatic nitrogens is 1. The van der Waals surface area contributed by atoms with Gasteiger partial charge in [-0.1, -0.05) is 12.1 Å². The van der Waals surface area contributed by atoms with E-state index in [2.05, 4.69) is 10.3 Å². The lowest BCUT2D eigenvalue weighted by Gasteiger charge is -2.20. The Morgan fingerprint density at radius 3 is 2.52 bits per heavy atom. The molecule has 3 N–H and O–H groups in total. The first-order valence-corrected chi connectivity index (χ1v) is 8.76. The summed E-state index contributed by atoms with van der Waals surface area (Å²) in [5.41, 5.74) is 7.63. The number of amides is 2. The fraction of sp³-hybridized carbons (Fsp3) is 0.353. The molecule has 3 rings (SSSR count). The molecule has 1 fully saturated rings. The molecule has 25 heavy (non-hydrogen) atoms. The molecule has 1 aromatic heterocycles. The number of thiazole rings is 1. The molecule has 0 saturated heterocycles. The maximum absolute atomic E-state index is 12.1. The number of halogens is 1. The standard InChI is InChI=1S/C17H20N4O2S.ClH/c1-11(22)21(14-6-7-14)9-12-2-4-13(5-3-12)19-17(23)15-10-24-16(8-18)20-15;/h2-5,10,14H,6-9,18H2,1H3,(H,19,23);1H. The molecule has 6 nitrogen and oxygen atoms in total. The van der Waals surface area contributed by atoms with Crippen LogP contribution in [0.3, 0.4) is 0 Å². The van der Waals surface area contributed by atoms with Crippen molar-refractivity contribution in [2.75, 3.05) is 5.32 Å². The lowest BCUT2D eigenvalue weighted by atomic mass is 10.2. The molecule has 0 atom stereocenters. The Labute approximate surface area is 156 Å². The van der Waals surface area contributed by atoms with Crippen LogP contribution in [0.2, 0.25) is 0 Å². The number of nitrogens with one attached hydrogen (secondary N) is 1. The Morgan fingerprint density at radius 2 is 2.00 bits per heavy atom. The Morgan fingerprint density at radius 1 is 1.32 bits per heavy atom. The van der Waals surface area contributed by atoms with Gasteiger partial charge in [-0.3, -0.25) is 9.59 Å². The summed E-state index contributed by atoms with van der Waals surface area (Å²) in [5.74, 6) is -0.142. The Kier molecular flexibility index (Phi) is 6.52. The highest BCUT2D eigenvalue weighted by Crippen LogP contribution is 2.28. The number of carbonyl (C=O) groups excluding carboxylic acids is 2. The highest BCUT2D eigenvalue weighted by molar-refractivity contribution is 7.09. The van der Waals surface area contributed by atoms with E-state index < -0.39 is 0 Å². The number of nitrogens with two attached hydrogens (primary N) is 1. The highest BCUT2D eigenvalue weighted by atomic mass is 35.5. The van der Waals surface area contributed by atoms with Gasteiger partial charge in [0.15, 0.2) is 0 Å². The van der Waals surface area contributed by atoms with Crippen LogP contribution in [0, 0.1) is 0 Å². The summed E-state index contributed by atoms with van der Waals surface area (Å²) in [6.45, 7) is 2.55. The summed E-state index contributed by atoms with van der Waals surface area (Å²) in [5, 5.41) is 5.25. The largest absolute Gasteiger partial charge is 0.336 e. The monoisotopic (exact) mass is 380 g/mol. The molecule has 1 aliphatic rings. The number of nitrogens with zero attached hydrogens (tertiary/aromatic N) is 2. The molecule has 2 aromatic rings. The van der Waals surface area contributed by atoms with Crippen molar-refractivity contribution in [3.8, 4) is 0 Å². The van der Waals surface area contributed by atoms with Crippen LogP contribution in [0.15, 0.2) is 29.6 Å². The van der Waals surface area contributed by atoms with Gasteiger partial charge in [-0.05, 0) is 30.5 Å². The lowest BCUT2D eigenvalue weighted by Crippen LogP contribution is -2.30. The fourth-order valence-electron chi connectivity index (χ4n) is 2.48. The van der Waals surface area contributed by atoms with Gasteiger partial charge in [-0.2, -0.15) is 0 Å². The molecular formula is C17H21ClN4O2S. The Balaban J connectivity index is 0.00000225. The van der Waals surface area contributed by atoms with Gasteiger partial charge in [0, 0.05) is 37.1 Å². The van der Waals surface area contributed by atoms with Gasteiger partial charge in [0.05, 0.1) is 0 Å². The van der Waals surface area contributed by atoms with Gasteiger partial charge in [0.2, 0.25) is 5.91 Å². The smallest absolute Gasteiger partial charge is 0.275 e. The molecule has 0 spiro atoms. The summed E-state index contributed by atoms with van der Waals surface area (Å²) in [6, 6.07) is 7.94. The zero-order chi connectivity index (χ0) is 17.1. The van der Waals surface area contributed by atoms with Crippen LogP contribution >= 0.6 is 23.7 Å². The molecular weight excluding hydrogens is 360 g/mol. The topological polar surface area (TPSA) is 88.3 Å². The summed E-state index contributed by atoms with van der Waals surface area (Å²) in [7, 11) is 0. The van der Waals surface area contributed by atoms with Crippen molar-refractivity contribution in [3.05, 3.63) is 45.9 Å². The minimum Gasteiger partial charge on any atom is -0.336 e. The van der Waals surface area contributed by atoms with Gasteiger partial charge < -0.3 is 16.0 Å². The van der Waals surface area contributed by atoms with Crippen LogP contribution in [0.5, 0.6) is 0 Å². The fourth-order valence-corrected chi connectivity index (χ4v) is 3.13. The Hall–Kier alpha value is -1.96. The molecule has 0 radical (unpaired) electrons. The first-order valence-electron chi connectivity index (χ1n) is 7.89.